The average Bonchev–Trinajstić information content (AvgIpc) is 2.98. The van der Waals surface area contributed by atoms with Gasteiger partial charge in [-0.1, -0.05) is 0 Å². The van der Waals surface area contributed by atoms with E-state index < -0.39 is 5.97 Å². The second kappa shape index (κ2) is 3.03. The number of carboxylic acid groups (broad SMARTS) is 1. The Morgan fingerprint density at radius 3 is 3.00 bits per heavy atom. The molecule has 0 amide bonds. The normalized spacial score (nSPS) is 15.7. The molecule has 0 spiro atoms. The minimum absolute atomic E-state index is 0.430. The summed E-state index contributed by atoms with van der Waals surface area (Å²) in [5, 5.41) is 9.13. The molecule has 2 heterocycles. The fraction of sp³-hybridized carbons (Fsp3) is 0.273. The van der Waals surface area contributed by atoms with Gasteiger partial charge in [0.05, 0.1) is 10.2 Å². The number of rotatable bonds is 2. The Hall–Kier alpha value is -1.42. The molecule has 1 saturated carbocycles. The van der Waals surface area contributed by atoms with Gasteiger partial charge in [0.1, 0.15) is 4.88 Å². The molecule has 1 aliphatic carbocycles. The smallest absolute Gasteiger partial charge is 0.346 e. The first-order valence-electron chi connectivity index (χ1n) is 4.88. The van der Waals surface area contributed by atoms with Crippen molar-refractivity contribution in [3.05, 3.63) is 28.8 Å². The minimum Gasteiger partial charge on any atom is -0.477 e. The Morgan fingerprint density at radius 1 is 1.53 bits per heavy atom. The molecule has 1 N–H and O–H groups in total. The zero-order valence-electron chi connectivity index (χ0n) is 7.93. The Bertz CT molecular complexity index is 543. The standard InChI is InChI=1S/C11H9NO2S/c13-11(14)10-8(6-3-4-6)9-7(15-10)2-1-5-12-9/h1-2,5-6H,3-4H2,(H,13,14). The lowest BCUT2D eigenvalue weighted by Gasteiger charge is -1.96. The maximum atomic E-state index is 11.1. The number of nitrogens with zero attached hydrogens (tertiary/aromatic N) is 1. The van der Waals surface area contributed by atoms with Crippen LogP contribution in [0.2, 0.25) is 0 Å². The van der Waals surface area contributed by atoms with Gasteiger partial charge >= 0.3 is 5.97 Å². The van der Waals surface area contributed by atoms with Gasteiger partial charge in [0.15, 0.2) is 0 Å². The zero-order valence-corrected chi connectivity index (χ0v) is 8.75. The van der Waals surface area contributed by atoms with E-state index in [-0.39, 0.29) is 0 Å². The van der Waals surface area contributed by atoms with Crippen LogP contribution in [0.1, 0.15) is 34.0 Å². The SMILES string of the molecule is O=C(O)c1sc2cccnc2c1C1CC1. The third kappa shape index (κ3) is 1.33. The third-order valence-electron chi connectivity index (χ3n) is 2.66. The predicted octanol–water partition coefficient (Wildman–Crippen LogP) is 2.87. The van der Waals surface area contributed by atoms with Gasteiger partial charge < -0.3 is 5.11 Å². The highest BCUT2D eigenvalue weighted by Gasteiger charge is 2.32. The summed E-state index contributed by atoms with van der Waals surface area (Å²) in [6.07, 6.45) is 3.93. The third-order valence-corrected chi connectivity index (χ3v) is 3.81. The largest absolute Gasteiger partial charge is 0.477 e. The van der Waals surface area contributed by atoms with Crippen LogP contribution in [0.3, 0.4) is 0 Å². The number of thiophene rings is 1. The van der Waals surface area contributed by atoms with Gasteiger partial charge in [-0.25, -0.2) is 4.79 Å². The average molecular weight is 219 g/mol. The van der Waals surface area contributed by atoms with Crippen LogP contribution < -0.4 is 0 Å². The fourth-order valence-electron chi connectivity index (χ4n) is 1.86. The van der Waals surface area contributed by atoms with Gasteiger partial charge in [-0.2, -0.15) is 0 Å². The Morgan fingerprint density at radius 2 is 2.33 bits per heavy atom. The summed E-state index contributed by atoms with van der Waals surface area (Å²) in [4.78, 5) is 15.9. The quantitative estimate of drug-likeness (QED) is 0.844. The number of pyridine rings is 1. The molecule has 0 radical (unpaired) electrons. The zero-order chi connectivity index (χ0) is 10.4. The van der Waals surface area contributed by atoms with Crippen molar-refractivity contribution >= 4 is 27.5 Å². The van der Waals surface area contributed by atoms with Gasteiger partial charge in [0.25, 0.3) is 0 Å². The van der Waals surface area contributed by atoms with Crippen molar-refractivity contribution in [2.75, 3.05) is 0 Å². The summed E-state index contributed by atoms with van der Waals surface area (Å²) >= 11 is 1.34. The molecule has 0 atom stereocenters. The van der Waals surface area contributed by atoms with Crippen molar-refractivity contribution in [3.63, 3.8) is 0 Å². The number of fused-ring (bicyclic) bond motifs is 1. The van der Waals surface area contributed by atoms with Crippen molar-refractivity contribution in [2.45, 2.75) is 18.8 Å². The molecule has 15 heavy (non-hydrogen) atoms. The van der Waals surface area contributed by atoms with E-state index in [0.29, 0.717) is 10.8 Å². The molecule has 2 aromatic rings. The van der Waals surface area contributed by atoms with Crippen molar-refractivity contribution < 1.29 is 9.90 Å². The molecule has 0 unspecified atom stereocenters. The maximum absolute atomic E-state index is 11.1. The second-order valence-corrected chi connectivity index (χ2v) is 4.83. The molecule has 0 bridgehead atoms. The van der Waals surface area contributed by atoms with Gasteiger partial charge in [-0.05, 0) is 30.9 Å². The summed E-state index contributed by atoms with van der Waals surface area (Å²) < 4.78 is 0.983. The molecular formula is C11H9NO2S. The van der Waals surface area contributed by atoms with Crippen molar-refractivity contribution in [1.29, 1.82) is 0 Å². The lowest BCUT2D eigenvalue weighted by molar-refractivity contribution is 0.0701. The maximum Gasteiger partial charge on any atom is 0.346 e. The molecule has 1 fully saturated rings. The van der Waals surface area contributed by atoms with Crippen molar-refractivity contribution in [1.82, 2.24) is 4.98 Å². The van der Waals surface area contributed by atoms with Crippen LogP contribution in [0, 0.1) is 0 Å². The summed E-state index contributed by atoms with van der Waals surface area (Å²) in [6.45, 7) is 0. The van der Waals surface area contributed by atoms with E-state index in [9.17, 15) is 4.79 Å². The minimum atomic E-state index is -0.820. The lowest BCUT2D eigenvalue weighted by Crippen LogP contribution is -1.96. The number of carbonyl (C=O) groups is 1. The Kier molecular flexibility index (Phi) is 1.79. The molecule has 3 nitrogen and oxygen atoms in total. The molecule has 2 aromatic heterocycles. The van der Waals surface area contributed by atoms with Gasteiger partial charge in [0.2, 0.25) is 0 Å². The first-order chi connectivity index (χ1) is 7.27. The van der Waals surface area contributed by atoms with E-state index in [2.05, 4.69) is 4.98 Å². The second-order valence-electron chi connectivity index (χ2n) is 3.77. The van der Waals surface area contributed by atoms with E-state index in [1.165, 1.54) is 11.3 Å². The number of carboxylic acids is 1. The van der Waals surface area contributed by atoms with E-state index >= 15 is 0 Å². The number of hydrogen-bond donors (Lipinski definition) is 1. The predicted molar refractivity (Wildman–Crippen MR) is 58.6 cm³/mol. The van der Waals surface area contributed by atoms with Gasteiger partial charge in [-0.15, -0.1) is 11.3 Å². The number of hydrogen-bond acceptors (Lipinski definition) is 3. The van der Waals surface area contributed by atoms with Crippen LogP contribution in [-0.4, -0.2) is 16.1 Å². The topological polar surface area (TPSA) is 50.2 Å². The fourth-order valence-corrected chi connectivity index (χ4v) is 2.94. The van der Waals surface area contributed by atoms with Crippen LogP contribution >= 0.6 is 11.3 Å². The summed E-state index contributed by atoms with van der Waals surface area (Å²) in [5.74, 6) is -0.389. The van der Waals surface area contributed by atoms with Crippen molar-refractivity contribution in [2.24, 2.45) is 0 Å². The van der Waals surface area contributed by atoms with Crippen molar-refractivity contribution in [3.8, 4) is 0 Å². The summed E-state index contributed by atoms with van der Waals surface area (Å²) in [7, 11) is 0. The summed E-state index contributed by atoms with van der Waals surface area (Å²) in [6, 6.07) is 3.78. The van der Waals surface area contributed by atoms with Crippen LogP contribution in [-0.2, 0) is 0 Å². The van der Waals surface area contributed by atoms with Crippen LogP contribution in [0.25, 0.3) is 10.2 Å². The van der Waals surface area contributed by atoms with Crippen LogP contribution in [0.4, 0.5) is 0 Å². The first-order valence-corrected chi connectivity index (χ1v) is 5.69. The Labute approximate surface area is 90.4 Å². The van der Waals surface area contributed by atoms with E-state index in [4.69, 9.17) is 5.11 Å². The van der Waals surface area contributed by atoms with E-state index in [0.717, 1.165) is 28.6 Å². The van der Waals surface area contributed by atoms with Crippen LogP contribution in [0.15, 0.2) is 18.3 Å². The van der Waals surface area contributed by atoms with E-state index in [1.54, 1.807) is 6.20 Å². The molecule has 76 valence electrons. The summed E-state index contributed by atoms with van der Waals surface area (Å²) in [5.41, 5.74) is 1.85. The Balaban J connectivity index is 2.33. The van der Waals surface area contributed by atoms with E-state index in [1.807, 2.05) is 12.1 Å². The molecule has 0 aliphatic heterocycles. The molecule has 3 rings (SSSR count). The molecule has 1 aliphatic rings. The van der Waals surface area contributed by atoms with Gasteiger partial charge in [-0.3, -0.25) is 4.98 Å². The van der Waals surface area contributed by atoms with Gasteiger partial charge in [0, 0.05) is 11.8 Å². The highest BCUT2D eigenvalue weighted by molar-refractivity contribution is 7.20. The number of aromatic nitrogens is 1. The molecular weight excluding hydrogens is 210 g/mol. The highest BCUT2D eigenvalue weighted by Crippen LogP contribution is 2.47. The van der Waals surface area contributed by atoms with Crippen LogP contribution in [0.5, 0.6) is 0 Å². The molecule has 0 aromatic carbocycles. The lowest BCUT2D eigenvalue weighted by atomic mass is 10.1. The molecule has 0 saturated heterocycles. The number of aromatic carboxylic acids is 1. The molecule has 4 heteroatoms. The highest BCUT2D eigenvalue weighted by atomic mass is 32.1. The first kappa shape index (κ1) is 8.85. The monoisotopic (exact) mass is 219 g/mol.